The van der Waals surface area contributed by atoms with Gasteiger partial charge in [0.2, 0.25) is 5.78 Å². The number of hydrogen-bond acceptors (Lipinski definition) is 5. The summed E-state index contributed by atoms with van der Waals surface area (Å²) in [6.07, 6.45) is 1.46. The summed E-state index contributed by atoms with van der Waals surface area (Å²) in [6, 6.07) is 0. The molecule has 1 aliphatic heterocycles. The number of piperidine rings is 1. The molecule has 1 aromatic rings. The average Bonchev–Trinajstić information content (AvgIpc) is 2.88. The number of quaternary nitrogens is 1. The standard InChI is InChI=1S/C17H24N2O5/c1-10-14(17(22)24-4)11(2)18-15(10)13(20)9-19-7-5-12(6-8-19)16(21)23-3/h12,18H,5-9H2,1-4H3/p+1. The number of methoxy groups -OCH3 is 2. The lowest BCUT2D eigenvalue weighted by Crippen LogP contribution is -3.14. The number of Topliss-reactive ketones (excluding diaryl/α,β-unsaturated/α-hetero) is 1. The predicted octanol–water partition coefficient (Wildman–Crippen LogP) is 0.0687. The van der Waals surface area contributed by atoms with Crippen LogP contribution in [0.1, 0.15) is 44.9 Å². The summed E-state index contributed by atoms with van der Waals surface area (Å²) in [5, 5.41) is 0. The van der Waals surface area contributed by atoms with Crippen molar-refractivity contribution in [1.29, 1.82) is 0 Å². The van der Waals surface area contributed by atoms with Gasteiger partial charge >= 0.3 is 11.9 Å². The highest BCUT2D eigenvalue weighted by atomic mass is 16.5. The number of aromatic amines is 1. The van der Waals surface area contributed by atoms with Crippen LogP contribution in [0, 0.1) is 19.8 Å². The van der Waals surface area contributed by atoms with Gasteiger partial charge in [0.25, 0.3) is 0 Å². The van der Waals surface area contributed by atoms with E-state index in [1.165, 1.54) is 14.2 Å². The van der Waals surface area contributed by atoms with Gasteiger partial charge in [-0.25, -0.2) is 4.79 Å². The molecule has 0 atom stereocenters. The summed E-state index contributed by atoms with van der Waals surface area (Å²) >= 11 is 0. The molecule has 7 heteroatoms. The largest absolute Gasteiger partial charge is 0.469 e. The number of likely N-dealkylation sites (tertiary alicyclic amines) is 1. The molecule has 0 unspecified atom stereocenters. The van der Waals surface area contributed by atoms with Crippen LogP contribution >= 0.6 is 0 Å². The Kier molecular flexibility index (Phi) is 5.77. The Morgan fingerprint density at radius 3 is 2.29 bits per heavy atom. The number of carbonyl (C=O) groups is 3. The fraction of sp³-hybridized carbons (Fsp3) is 0.588. The van der Waals surface area contributed by atoms with Gasteiger partial charge in [-0.1, -0.05) is 0 Å². The molecule has 1 fully saturated rings. The molecule has 1 aromatic heterocycles. The number of aromatic nitrogens is 1. The molecule has 0 bridgehead atoms. The summed E-state index contributed by atoms with van der Waals surface area (Å²) in [5.74, 6) is -0.697. The Morgan fingerprint density at radius 1 is 1.12 bits per heavy atom. The molecule has 7 nitrogen and oxygen atoms in total. The second-order valence-corrected chi connectivity index (χ2v) is 6.26. The maximum absolute atomic E-state index is 12.6. The highest BCUT2D eigenvalue weighted by molar-refractivity contribution is 6.01. The summed E-state index contributed by atoms with van der Waals surface area (Å²) in [6.45, 7) is 5.37. The zero-order valence-corrected chi connectivity index (χ0v) is 14.7. The highest BCUT2D eigenvalue weighted by Crippen LogP contribution is 2.19. The molecule has 132 valence electrons. The lowest BCUT2D eigenvalue weighted by Gasteiger charge is -2.27. The van der Waals surface area contributed by atoms with Gasteiger partial charge in [-0.3, -0.25) is 9.59 Å². The number of esters is 2. The Bertz CT molecular complexity index is 642. The van der Waals surface area contributed by atoms with Crippen molar-refractivity contribution in [3.8, 4) is 0 Å². The van der Waals surface area contributed by atoms with Crippen molar-refractivity contribution < 1.29 is 28.8 Å². The van der Waals surface area contributed by atoms with E-state index in [0.29, 0.717) is 29.1 Å². The van der Waals surface area contributed by atoms with Crippen molar-refractivity contribution in [1.82, 2.24) is 4.98 Å². The molecular formula is C17H25N2O5+. The van der Waals surface area contributed by atoms with Crippen molar-refractivity contribution in [2.75, 3.05) is 33.9 Å². The van der Waals surface area contributed by atoms with Crippen molar-refractivity contribution in [2.45, 2.75) is 26.7 Å². The molecule has 0 saturated carbocycles. The van der Waals surface area contributed by atoms with Gasteiger partial charge in [-0.05, 0) is 19.4 Å². The van der Waals surface area contributed by atoms with Gasteiger partial charge in [-0.2, -0.15) is 0 Å². The van der Waals surface area contributed by atoms with Crippen molar-refractivity contribution >= 4 is 17.7 Å². The first kappa shape index (κ1) is 18.2. The van der Waals surface area contributed by atoms with Crippen molar-refractivity contribution in [3.05, 3.63) is 22.5 Å². The third-order valence-corrected chi connectivity index (χ3v) is 4.74. The topological polar surface area (TPSA) is 89.9 Å². The molecule has 2 N–H and O–H groups in total. The van der Waals surface area contributed by atoms with Crippen LogP contribution in [-0.4, -0.2) is 56.6 Å². The summed E-state index contributed by atoms with van der Waals surface area (Å²) in [4.78, 5) is 40.1. The average molecular weight is 337 g/mol. The summed E-state index contributed by atoms with van der Waals surface area (Å²) in [5.41, 5.74) is 2.17. The van der Waals surface area contributed by atoms with Crippen LogP contribution in [0.4, 0.5) is 0 Å². The molecule has 1 aliphatic rings. The smallest absolute Gasteiger partial charge is 0.339 e. The number of carbonyl (C=O) groups excluding carboxylic acids is 3. The van der Waals surface area contributed by atoms with Gasteiger partial charge in [0.1, 0.15) is 6.54 Å². The first-order chi connectivity index (χ1) is 11.4. The van der Waals surface area contributed by atoms with Crippen LogP contribution in [-0.2, 0) is 14.3 Å². The first-order valence-electron chi connectivity index (χ1n) is 8.11. The quantitative estimate of drug-likeness (QED) is 0.586. The van der Waals surface area contributed by atoms with Crippen molar-refractivity contribution in [3.63, 3.8) is 0 Å². The molecule has 0 amide bonds. The molecule has 0 radical (unpaired) electrons. The monoisotopic (exact) mass is 337 g/mol. The maximum atomic E-state index is 12.6. The van der Waals surface area contributed by atoms with E-state index in [1.807, 2.05) is 0 Å². The molecule has 1 saturated heterocycles. The number of ketones is 1. The molecule has 24 heavy (non-hydrogen) atoms. The zero-order chi connectivity index (χ0) is 17.9. The molecule has 0 aliphatic carbocycles. The minimum absolute atomic E-state index is 0.0303. The minimum atomic E-state index is -0.438. The third kappa shape index (κ3) is 3.67. The Hall–Kier alpha value is -2.15. The van der Waals surface area contributed by atoms with Crippen molar-refractivity contribution in [2.24, 2.45) is 5.92 Å². The van der Waals surface area contributed by atoms with Crippen LogP contribution in [0.2, 0.25) is 0 Å². The van der Waals surface area contributed by atoms with Gasteiger partial charge in [0.15, 0.2) is 0 Å². The summed E-state index contributed by atoms with van der Waals surface area (Å²) < 4.78 is 9.54. The number of aryl methyl sites for hydroxylation is 1. The Balaban J connectivity index is 2.02. The normalized spacial score (nSPS) is 20.5. The van der Waals surface area contributed by atoms with E-state index in [-0.39, 0.29) is 17.7 Å². The molecule has 0 spiro atoms. The SMILES string of the molecule is COC(=O)c1c(C)[nH]c(C(=O)C[NH+]2CCC(C(=O)OC)CC2)c1C. The number of rotatable bonds is 5. The van der Waals surface area contributed by atoms with Crippen LogP contribution in [0.3, 0.4) is 0 Å². The lowest BCUT2D eigenvalue weighted by atomic mass is 9.96. The maximum Gasteiger partial charge on any atom is 0.339 e. The van der Waals surface area contributed by atoms with Crippen LogP contribution < -0.4 is 4.90 Å². The van der Waals surface area contributed by atoms with Gasteiger partial charge in [0.05, 0.1) is 44.5 Å². The zero-order valence-electron chi connectivity index (χ0n) is 14.7. The fourth-order valence-electron chi connectivity index (χ4n) is 3.36. The second-order valence-electron chi connectivity index (χ2n) is 6.26. The van der Waals surface area contributed by atoms with Crippen LogP contribution in [0.15, 0.2) is 0 Å². The highest BCUT2D eigenvalue weighted by Gasteiger charge is 2.30. The van der Waals surface area contributed by atoms with Crippen LogP contribution in [0.25, 0.3) is 0 Å². The Morgan fingerprint density at radius 2 is 1.75 bits per heavy atom. The van der Waals surface area contributed by atoms with E-state index >= 15 is 0 Å². The predicted molar refractivity (Wildman–Crippen MR) is 86.2 cm³/mol. The molecule has 2 rings (SSSR count). The van der Waals surface area contributed by atoms with Gasteiger partial charge < -0.3 is 19.4 Å². The van der Waals surface area contributed by atoms with Crippen LogP contribution in [0.5, 0.6) is 0 Å². The number of H-pyrrole nitrogens is 1. The van der Waals surface area contributed by atoms with E-state index in [2.05, 4.69) is 4.98 Å². The van der Waals surface area contributed by atoms with E-state index in [0.717, 1.165) is 30.8 Å². The minimum Gasteiger partial charge on any atom is -0.469 e. The second kappa shape index (κ2) is 7.61. The van der Waals surface area contributed by atoms with E-state index in [9.17, 15) is 14.4 Å². The number of hydrogen-bond donors (Lipinski definition) is 2. The third-order valence-electron chi connectivity index (χ3n) is 4.74. The first-order valence-corrected chi connectivity index (χ1v) is 8.11. The number of nitrogens with one attached hydrogen (secondary N) is 2. The fourth-order valence-corrected chi connectivity index (χ4v) is 3.36. The van der Waals surface area contributed by atoms with E-state index in [4.69, 9.17) is 9.47 Å². The van der Waals surface area contributed by atoms with Gasteiger partial charge in [-0.15, -0.1) is 0 Å². The van der Waals surface area contributed by atoms with E-state index < -0.39 is 5.97 Å². The Labute approximate surface area is 141 Å². The molecular weight excluding hydrogens is 312 g/mol. The van der Waals surface area contributed by atoms with E-state index in [1.54, 1.807) is 13.8 Å². The van der Waals surface area contributed by atoms with Gasteiger partial charge in [0, 0.05) is 18.5 Å². The number of ether oxygens (including phenoxy) is 2. The lowest BCUT2D eigenvalue weighted by molar-refractivity contribution is -0.897. The molecule has 2 heterocycles. The summed E-state index contributed by atoms with van der Waals surface area (Å²) in [7, 11) is 2.73. The molecule has 0 aromatic carbocycles.